The Kier molecular flexibility index (Phi) is 5.58. The number of nitrogens with one attached hydrogen (secondary N) is 1. The fraction of sp³-hybridized carbons (Fsp3) is 0. The summed E-state index contributed by atoms with van der Waals surface area (Å²) in [7, 11) is 0. The molecule has 0 atom stereocenters. The Morgan fingerprint density at radius 3 is 1.37 bits per heavy atom. The minimum atomic E-state index is 1.08. The molecule has 0 aliphatic heterocycles. The number of benzene rings is 6. The van der Waals surface area contributed by atoms with Gasteiger partial charge in [-0.2, -0.15) is 0 Å². The lowest BCUT2D eigenvalue weighted by molar-refractivity contribution is 1.54. The molecule has 0 heterocycles. The molecule has 0 amide bonds. The summed E-state index contributed by atoms with van der Waals surface area (Å²) in [5, 5.41) is 6.00. The Hall–Kier alpha value is -4.62. The fourth-order valence-corrected chi connectivity index (χ4v) is 4.72. The van der Waals surface area contributed by atoms with Crippen molar-refractivity contribution in [2.75, 3.05) is 5.32 Å². The first-order valence-electron chi connectivity index (χ1n) is 12.0. The summed E-state index contributed by atoms with van der Waals surface area (Å²) in [5.41, 5.74) is 9.59. The lowest BCUT2D eigenvalue weighted by Crippen LogP contribution is -1.89. The van der Waals surface area contributed by atoms with Crippen molar-refractivity contribution in [3.05, 3.63) is 146 Å². The minimum absolute atomic E-state index is 1.08. The minimum Gasteiger partial charge on any atom is -0.356 e. The van der Waals surface area contributed by atoms with Gasteiger partial charge in [-0.25, -0.2) is 0 Å². The number of para-hydroxylation sites is 1. The molecule has 0 aliphatic rings. The van der Waals surface area contributed by atoms with E-state index in [1.165, 1.54) is 44.2 Å². The van der Waals surface area contributed by atoms with Crippen LogP contribution >= 0.6 is 0 Å². The Morgan fingerprint density at radius 2 is 0.771 bits per heavy atom. The molecule has 1 nitrogen and oxygen atoms in total. The molecular formula is C34H25N. The number of rotatable bonds is 5. The van der Waals surface area contributed by atoms with Gasteiger partial charge in [0, 0.05) is 11.4 Å². The molecule has 6 aromatic rings. The summed E-state index contributed by atoms with van der Waals surface area (Å²) < 4.78 is 0. The van der Waals surface area contributed by atoms with Gasteiger partial charge in [-0.05, 0) is 68.4 Å². The van der Waals surface area contributed by atoms with E-state index in [0.29, 0.717) is 0 Å². The summed E-state index contributed by atoms with van der Waals surface area (Å²) in [6, 6.07) is 51.6. The van der Waals surface area contributed by atoms with Crippen LogP contribution in [0.25, 0.3) is 44.2 Å². The molecule has 1 N–H and O–H groups in total. The lowest BCUT2D eigenvalue weighted by atomic mass is 9.91. The van der Waals surface area contributed by atoms with Crippen LogP contribution in [-0.4, -0.2) is 0 Å². The zero-order valence-electron chi connectivity index (χ0n) is 19.4. The van der Waals surface area contributed by atoms with Crippen LogP contribution in [0.1, 0.15) is 0 Å². The summed E-state index contributed by atoms with van der Waals surface area (Å²) in [5.74, 6) is 0. The third kappa shape index (κ3) is 4.32. The van der Waals surface area contributed by atoms with Crippen LogP contribution in [0.2, 0.25) is 0 Å². The summed E-state index contributed by atoms with van der Waals surface area (Å²) >= 11 is 0. The van der Waals surface area contributed by atoms with Crippen molar-refractivity contribution in [3.63, 3.8) is 0 Å². The fourth-order valence-electron chi connectivity index (χ4n) is 4.72. The molecule has 0 aliphatic carbocycles. The Labute approximate surface area is 206 Å². The molecule has 0 fully saturated rings. The zero-order chi connectivity index (χ0) is 23.5. The summed E-state index contributed by atoms with van der Waals surface area (Å²) in [4.78, 5) is 0. The highest BCUT2D eigenvalue weighted by atomic mass is 14.9. The van der Waals surface area contributed by atoms with E-state index in [0.717, 1.165) is 11.4 Å². The highest BCUT2D eigenvalue weighted by Crippen LogP contribution is 2.37. The van der Waals surface area contributed by atoms with Gasteiger partial charge in [-0.1, -0.05) is 121 Å². The number of hydrogen-bond acceptors (Lipinski definition) is 1. The van der Waals surface area contributed by atoms with Crippen LogP contribution in [0.5, 0.6) is 0 Å². The van der Waals surface area contributed by atoms with Crippen molar-refractivity contribution >= 4 is 22.1 Å². The van der Waals surface area contributed by atoms with Gasteiger partial charge in [0.15, 0.2) is 0 Å². The van der Waals surface area contributed by atoms with Crippen molar-refractivity contribution < 1.29 is 0 Å². The maximum absolute atomic E-state index is 3.45. The van der Waals surface area contributed by atoms with Crippen molar-refractivity contribution in [1.29, 1.82) is 0 Å². The van der Waals surface area contributed by atoms with E-state index < -0.39 is 0 Å². The molecule has 6 rings (SSSR count). The van der Waals surface area contributed by atoms with E-state index in [4.69, 9.17) is 0 Å². The van der Waals surface area contributed by atoms with Crippen LogP contribution in [0, 0.1) is 0 Å². The maximum Gasteiger partial charge on any atom is 0.0384 e. The quantitative estimate of drug-likeness (QED) is 0.277. The molecule has 1 heteroatoms. The van der Waals surface area contributed by atoms with Gasteiger partial charge in [0.1, 0.15) is 0 Å². The van der Waals surface area contributed by atoms with Gasteiger partial charge >= 0.3 is 0 Å². The topological polar surface area (TPSA) is 12.0 Å². The Bertz CT molecular complexity index is 1560. The first-order chi connectivity index (χ1) is 17.3. The second kappa shape index (κ2) is 9.32. The monoisotopic (exact) mass is 447 g/mol. The van der Waals surface area contributed by atoms with E-state index in [2.05, 4.69) is 133 Å². The standard InChI is InChI=1S/C34H25N/c1-3-9-27(10-4-1)32-15-7-11-29-12-8-16-33(34(29)32)28-19-17-25(18-20-28)26-21-23-31(24-22-26)35-30-13-5-2-6-14-30/h1-24,35H. The maximum atomic E-state index is 3.45. The number of fused-ring (bicyclic) bond motifs is 1. The van der Waals surface area contributed by atoms with Crippen LogP contribution in [0.15, 0.2) is 146 Å². The molecule has 0 spiro atoms. The second-order valence-electron chi connectivity index (χ2n) is 8.72. The van der Waals surface area contributed by atoms with E-state index >= 15 is 0 Å². The largest absolute Gasteiger partial charge is 0.356 e. The molecule has 0 unspecified atom stereocenters. The van der Waals surface area contributed by atoms with Crippen LogP contribution in [0.4, 0.5) is 11.4 Å². The van der Waals surface area contributed by atoms with E-state index in [1.54, 1.807) is 0 Å². The first-order valence-corrected chi connectivity index (χ1v) is 12.0. The van der Waals surface area contributed by atoms with E-state index in [9.17, 15) is 0 Å². The molecule has 0 bridgehead atoms. The van der Waals surface area contributed by atoms with Gasteiger partial charge in [-0.15, -0.1) is 0 Å². The summed E-state index contributed by atoms with van der Waals surface area (Å²) in [6.45, 7) is 0. The van der Waals surface area contributed by atoms with Gasteiger partial charge < -0.3 is 5.32 Å². The molecule has 35 heavy (non-hydrogen) atoms. The molecule has 166 valence electrons. The third-order valence-corrected chi connectivity index (χ3v) is 6.47. The molecule has 0 aromatic heterocycles. The second-order valence-corrected chi connectivity index (χ2v) is 8.72. The number of anilines is 2. The highest BCUT2D eigenvalue weighted by molar-refractivity contribution is 6.06. The molecule has 0 saturated carbocycles. The van der Waals surface area contributed by atoms with Gasteiger partial charge in [0.05, 0.1) is 0 Å². The summed E-state index contributed by atoms with van der Waals surface area (Å²) in [6.07, 6.45) is 0. The van der Waals surface area contributed by atoms with Crippen molar-refractivity contribution in [1.82, 2.24) is 0 Å². The van der Waals surface area contributed by atoms with Crippen molar-refractivity contribution in [2.45, 2.75) is 0 Å². The Balaban J connectivity index is 1.33. The van der Waals surface area contributed by atoms with Crippen LogP contribution in [0.3, 0.4) is 0 Å². The smallest absolute Gasteiger partial charge is 0.0384 e. The highest BCUT2D eigenvalue weighted by Gasteiger charge is 2.10. The Morgan fingerprint density at radius 1 is 0.314 bits per heavy atom. The van der Waals surface area contributed by atoms with E-state index in [1.807, 2.05) is 18.2 Å². The van der Waals surface area contributed by atoms with Crippen molar-refractivity contribution in [3.8, 4) is 33.4 Å². The first kappa shape index (κ1) is 20.9. The van der Waals surface area contributed by atoms with Gasteiger partial charge in [-0.3, -0.25) is 0 Å². The average Bonchev–Trinajstić information content (AvgIpc) is 2.94. The predicted molar refractivity (Wildman–Crippen MR) is 150 cm³/mol. The predicted octanol–water partition coefficient (Wildman–Crippen LogP) is 9.58. The molecule has 6 aromatic carbocycles. The van der Waals surface area contributed by atoms with Gasteiger partial charge in [0.2, 0.25) is 0 Å². The average molecular weight is 448 g/mol. The molecule has 0 radical (unpaired) electrons. The number of hydrogen-bond donors (Lipinski definition) is 1. The zero-order valence-corrected chi connectivity index (χ0v) is 19.4. The van der Waals surface area contributed by atoms with Crippen LogP contribution in [-0.2, 0) is 0 Å². The SMILES string of the molecule is c1ccc(Nc2ccc(-c3ccc(-c4cccc5cccc(-c6ccccc6)c45)cc3)cc2)cc1. The third-order valence-electron chi connectivity index (χ3n) is 6.47. The van der Waals surface area contributed by atoms with Gasteiger partial charge in [0.25, 0.3) is 0 Å². The van der Waals surface area contributed by atoms with E-state index in [-0.39, 0.29) is 0 Å². The van der Waals surface area contributed by atoms with Crippen molar-refractivity contribution in [2.24, 2.45) is 0 Å². The molecular weight excluding hydrogens is 422 g/mol. The normalized spacial score (nSPS) is 10.9. The lowest BCUT2D eigenvalue weighted by Gasteiger charge is -2.13. The van der Waals surface area contributed by atoms with Crippen LogP contribution < -0.4 is 5.32 Å². The molecule has 0 saturated heterocycles.